The van der Waals surface area contributed by atoms with Crippen LogP contribution < -0.4 is 10.6 Å². The molecule has 26 heavy (non-hydrogen) atoms. The maximum absolute atomic E-state index is 12.3. The summed E-state index contributed by atoms with van der Waals surface area (Å²) in [6, 6.07) is 15.8. The van der Waals surface area contributed by atoms with Gasteiger partial charge in [0, 0.05) is 12.2 Å². The lowest BCUT2D eigenvalue weighted by Gasteiger charge is -2.12. The minimum atomic E-state index is -0.305. The van der Waals surface area contributed by atoms with E-state index in [1.807, 2.05) is 18.2 Å². The van der Waals surface area contributed by atoms with E-state index in [0.717, 1.165) is 5.56 Å². The lowest BCUT2D eigenvalue weighted by atomic mass is 10.1. The van der Waals surface area contributed by atoms with E-state index in [-0.39, 0.29) is 18.1 Å². The number of benzene rings is 2. The van der Waals surface area contributed by atoms with Crippen LogP contribution in [0.4, 0.5) is 11.4 Å². The molecule has 6 heteroatoms. The van der Waals surface area contributed by atoms with E-state index in [1.54, 1.807) is 36.4 Å². The fourth-order valence-electron chi connectivity index (χ4n) is 2.77. The zero-order chi connectivity index (χ0) is 18.4. The van der Waals surface area contributed by atoms with E-state index in [1.165, 1.54) is 0 Å². The van der Waals surface area contributed by atoms with Gasteiger partial charge in [0.25, 0.3) is 0 Å². The van der Waals surface area contributed by atoms with Gasteiger partial charge >= 0.3 is 0 Å². The highest BCUT2D eigenvalue weighted by atomic mass is 16.5. The number of nitrogens with zero attached hydrogens (tertiary/aromatic N) is 2. The van der Waals surface area contributed by atoms with Crippen LogP contribution >= 0.6 is 0 Å². The molecule has 0 saturated carbocycles. The Kier molecular flexibility index (Phi) is 5.60. The molecule has 0 bridgehead atoms. The Balaban J connectivity index is 1.47. The summed E-state index contributed by atoms with van der Waals surface area (Å²) in [5.74, 6) is -0.109. The second-order valence-electron chi connectivity index (χ2n) is 6.09. The molecule has 0 unspecified atom stereocenters. The first-order chi connectivity index (χ1) is 12.7. The van der Waals surface area contributed by atoms with Crippen molar-refractivity contribution in [1.82, 2.24) is 5.32 Å². The summed E-state index contributed by atoms with van der Waals surface area (Å²) in [6.07, 6.45) is 0.565. The van der Waals surface area contributed by atoms with Crippen LogP contribution in [0.5, 0.6) is 0 Å². The van der Waals surface area contributed by atoms with E-state index >= 15 is 0 Å². The molecule has 0 aromatic heterocycles. The van der Waals surface area contributed by atoms with Crippen molar-refractivity contribution >= 4 is 17.3 Å². The largest absolute Gasteiger partial charge is 0.372 e. The summed E-state index contributed by atoms with van der Waals surface area (Å²) in [6.45, 7) is 8.02. The van der Waals surface area contributed by atoms with Crippen molar-refractivity contribution in [2.75, 3.05) is 11.9 Å². The molecule has 1 fully saturated rings. The van der Waals surface area contributed by atoms with Gasteiger partial charge < -0.3 is 15.4 Å². The minimum Gasteiger partial charge on any atom is -0.372 e. The second-order valence-corrected chi connectivity index (χ2v) is 6.09. The molecule has 2 aromatic rings. The summed E-state index contributed by atoms with van der Waals surface area (Å²) in [4.78, 5) is 15.7. The zero-order valence-corrected chi connectivity index (χ0v) is 14.1. The molecular weight excluding hydrogens is 328 g/mol. The number of ether oxygens (including phenoxy) is 1. The summed E-state index contributed by atoms with van der Waals surface area (Å²) in [7, 11) is 0. The molecule has 6 nitrogen and oxygen atoms in total. The molecule has 0 spiro atoms. The molecule has 130 valence electrons. The number of nitriles is 1. The Morgan fingerprint density at radius 3 is 2.65 bits per heavy atom. The molecule has 1 aliphatic rings. The molecule has 1 aliphatic heterocycles. The van der Waals surface area contributed by atoms with Crippen molar-refractivity contribution in [3.05, 3.63) is 71.1 Å². The molecule has 1 heterocycles. The Labute approximate surface area is 152 Å². The van der Waals surface area contributed by atoms with Gasteiger partial charge in [-0.1, -0.05) is 24.3 Å². The predicted molar refractivity (Wildman–Crippen MR) is 97.5 cm³/mol. The van der Waals surface area contributed by atoms with Gasteiger partial charge in [0.15, 0.2) is 5.69 Å². The average molecular weight is 346 g/mol. The number of hydrogen-bond acceptors (Lipinski definition) is 4. The van der Waals surface area contributed by atoms with Gasteiger partial charge in [-0.2, -0.15) is 5.26 Å². The first kappa shape index (κ1) is 17.6. The normalized spacial score (nSPS) is 18.7. The number of nitrogens with one attached hydrogen (secondary N) is 2. The summed E-state index contributed by atoms with van der Waals surface area (Å²) >= 11 is 0. The SMILES string of the molecule is [C-]#[N+]c1ccc(CO[C@@H]2CN[C@H](C(=O)Nc3ccc(C#N)cc3)C2)cc1. The van der Waals surface area contributed by atoms with Gasteiger partial charge in [0.1, 0.15) is 0 Å². The van der Waals surface area contributed by atoms with E-state index in [4.69, 9.17) is 16.6 Å². The highest BCUT2D eigenvalue weighted by molar-refractivity contribution is 5.95. The van der Waals surface area contributed by atoms with Crippen LogP contribution in [0.15, 0.2) is 48.5 Å². The van der Waals surface area contributed by atoms with Gasteiger partial charge in [-0.25, -0.2) is 4.85 Å². The molecule has 0 aliphatic carbocycles. The number of carbonyl (C=O) groups excluding carboxylic acids is 1. The van der Waals surface area contributed by atoms with Gasteiger partial charge in [-0.05, 0) is 36.2 Å². The zero-order valence-electron chi connectivity index (χ0n) is 14.1. The highest BCUT2D eigenvalue weighted by Crippen LogP contribution is 2.17. The van der Waals surface area contributed by atoms with Crippen LogP contribution in [0.25, 0.3) is 4.85 Å². The molecule has 2 aromatic carbocycles. The maximum atomic E-state index is 12.3. The van der Waals surface area contributed by atoms with Gasteiger partial charge in [-0.15, -0.1) is 0 Å². The Morgan fingerprint density at radius 2 is 2.00 bits per heavy atom. The smallest absolute Gasteiger partial charge is 0.241 e. The number of carbonyl (C=O) groups is 1. The third-order valence-electron chi connectivity index (χ3n) is 4.24. The Morgan fingerprint density at radius 1 is 1.27 bits per heavy atom. The topological polar surface area (TPSA) is 78.5 Å². The van der Waals surface area contributed by atoms with Crippen LogP contribution in [-0.4, -0.2) is 24.6 Å². The van der Waals surface area contributed by atoms with E-state index in [0.29, 0.717) is 36.5 Å². The Bertz CT molecular complexity index is 847. The molecule has 1 saturated heterocycles. The van der Waals surface area contributed by atoms with Crippen LogP contribution in [-0.2, 0) is 16.1 Å². The fraction of sp³-hybridized carbons (Fsp3) is 0.250. The minimum absolute atomic E-state index is 0.0349. The van der Waals surface area contributed by atoms with Gasteiger partial charge in [0.05, 0.1) is 37.0 Å². The molecule has 3 rings (SSSR count). The summed E-state index contributed by atoms with van der Waals surface area (Å²) < 4.78 is 5.87. The number of hydrogen-bond donors (Lipinski definition) is 2. The van der Waals surface area contributed by atoms with Crippen LogP contribution in [0.1, 0.15) is 17.5 Å². The molecule has 2 atom stereocenters. The van der Waals surface area contributed by atoms with Crippen molar-refractivity contribution in [3.63, 3.8) is 0 Å². The molecule has 1 amide bonds. The Hall–Kier alpha value is -3.19. The predicted octanol–water partition coefficient (Wildman–Crippen LogP) is 2.99. The van der Waals surface area contributed by atoms with Crippen molar-refractivity contribution in [2.24, 2.45) is 0 Å². The van der Waals surface area contributed by atoms with Gasteiger partial charge in [0.2, 0.25) is 5.91 Å². The van der Waals surface area contributed by atoms with Crippen molar-refractivity contribution in [3.8, 4) is 6.07 Å². The standard InChI is InChI=1S/C20H18N4O2/c1-22-16-6-4-15(5-7-16)13-26-18-10-19(23-12-18)20(25)24-17-8-2-14(11-21)3-9-17/h2-9,18-19,23H,10,12-13H2,(H,24,25)/t18-,19-/m0/s1. The van der Waals surface area contributed by atoms with Crippen molar-refractivity contribution in [1.29, 1.82) is 5.26 Å². The van der Waals surface area contributed by atoms with Crippen molar-refractivity contribution in [2.45, 2.75) is 25.2 Å². The monoisotopic (exact) mass is 346 g/mol. The second kappa shape index (κ2) is 8.26. The number of rotatable bonds is 5. The van der Waals surface area contributed by atoms with E-state index in [9.17, 15) is 4.79 Å². The third kappa shape index (κ3) is 4.46. The van der Waals surface area contributed by atoms with Gasteiger partial charge in [-0.3, -0.25) is 4.79 Å². The highest BCUT2D eigenvalue weighted by Gasteiger charge is 2.30. The summed E-state index contributed by atoms with van der Waals surface area (Å²) in [5.41, 5.74) is 2.83. The van der Waals surface area contributed by atoms with E-state index in [2.05, 4.69) is 15.5 Å². The molecule has 0 radical (unpaired) electrons. The first-order valence-corrected chi connectivity index (χ1v) is 8.30. The molecular formula is C20H18N4O2. The number of amides is 1. The average Bonchev–Trinajstić information content (AvgIpc) is 3.16. The number of anilines is 1. The lowest BCUT2D eigenvalue weighted by molar-refractivity contribution is -0.118. The first-order valence-electron chi connectivity index (χ1n) is 8.30. The van der Waals surface area contributed by atoms with Crippen LogP contribution in [0, 0.1) is 17.9 Å². The van der Waals surface area contributed by atoms with Crippen molar-refractivity contribution < 1.29 is 9.53 Å². The lowest BCUT2D eigenvalue weighted by Crippen LogP contribution is -2.35. The summed E-state index contributed by atoms with van der Waals surface area (Å²) in [5, 5.41) is 14.8. The van der Waals surface area contributed by atoms with E-state index < -0.39 is 0 Å². The molecule has 2 N–H and O–H groups in total. The fourth-order valence-corrected chi connectivity index (χ4v) is 2.77. The third-order valence-corrected chi connectivity index (χ3v) is 4.24. The van der Waals surface area contributed by atoms with Crippen LogP contribution in [0.2, 0.25) is 0 Å². The maximum Gasteiger partial charge on any atom is 0.241 e. The quantitative estimate of drug-likeness (QED) is 0.816. The van der Waals surface area contributed by atoms with Crippen LogP contribution in [0.3, 0.4) is 0 Å².